The number of fused-ring (bicyclic) bond motifs is 1. The van der Waals surface area contributed by atoms with Gasteiger partial charge in [-0.1, -0.05) is 11.6 Å². The van der Waals surface area contributed by atoms with Crippen LogP contribution in [0.2, 0.25) is 5.02 Å². The van der Waals surface area contributed by atoms with Gasteiger partial charge in [-0.25, -0.2) is 18.7 Å². The van der Waals surface area contributed by atoms with Crippen LogP contribution in [-0.2, 0) is 0 Å². The van der Waals surface area contributed by atoms with Gasteiger partial charge in [0.25, 0.3) is 0 Å². The van der Waals surface area contributed by atoms with E-state index >= 15 is 0 Å². The van der Waals surface area contributed by atoms with E-state index in [0.29, 0.717) is 0 Å². The van der Waals surface area contributed by atoms with Crippen molar-refractivity contribution in [3.63, 3.8) is 0 Å². The quantitative estimate of drug-likeness (QED) is 0.684. The minimum absolute atomic E-state index is 0.0407. The molecule has 134 valence electrons. The second kappa shape index (κ2) is 6.72. The first-order valence-electron chi connectivity index (χ1n) is 7.65. The second-order valence-electron chi connectivity index (χ2n) is 5.84. The average molecular weight is 377 g/mol. The Morgan fingerprint density at radius 3 is 2.65 bits per heavy atom. The molecule has 3 rings (SSSR count). The summed E-state index contributed by atoms with van der Waals surface area (Å²) in [5, 5.41) is 13.0. The maximum atomic E-state index is 14.0. The highest BCUT2D eigenvalue weighted by atomic mass is 35.5. The number of carbonyl (C=O) groups excluding carboxylic acids is 2. The van der Waals surface area contributed by atoms with Crippen LogP contribution in [0.25, 0.3) is 10.9 Å². The Labute approximate surface area is 152 Å². The predicted molar refractivity (Wildman–Crippen MR) is 93.1 cm³/mol. The van der Waals surface area contributed by atoms with Gasteiger partial charge in [-0.15, -0.1) is 0 Å². The lowest BCUT2D eigenvalue weighted by molar-refractivity contribution is 0.103. The van der Waals surface area contributed by atoms with Gasteiger partial charge in [0.05, 0.1) is 22.3 Å². The lowest BCUT2D eigenvalue weighted by Gasteiger charge is -2.11. The third-order valence-corrected chi connectivity index (χ3v) is 3.91. The van der Waals surface area contributed by atoms with E-state index in [1.165, 1.54) is 24.7 Å². The Balaban J connectivity index is 2.29. The van der Waals surface area contributed by atoms with Gasteiger partial charge in [-0.2, -0.15) is 0 Å². The fourth-order valence-electron chi connectivity index (χ4n) is 2.55. The number of benzene rings is 1. The Morgan fingerprint density at radius 1 is 1.31 bits per heavy atom. The summed E-state index contributed by atoms with van der Waals surface area (Å²) < 4.78 is 14.9. The molecule has 0 fully saturated rings. The SMILES string of the molecule is CC(C)NC(=O)n1c(O)c(C(=O)c2cnccn2)c2cc(F)c(Cl)cc21. The normalized spacial score (nSPS) is 11.1. The summed E-state index contributed by atoms with van der Waals surface area (Å²) >= 11 is 5.82. The third-order valence-electron chi connectivity index (χ3n) is 3.62. The van der Waals surface area contributed by atoms with Gasteiger partial charge < -0.3 is 10.4 Å². The third kappa shape index (κ3) is 2.99. The number of nitrogens with zero attached hydrogens (tertiary/aromatic N) is 3. The van der Waals surface area contributed by atoms with Crippen molar-refractivity contribution in [3.05, 3.63) is 52.8 Å². The molecule has 0 spiro atoms. The molecular weight excluding hydrogens is 363 g/mol. The molecule has 0 radical (unpaired) electrons. The Bertz CT molecular complexity index is 1020. The molecule has 0 aliphatic heterocycles. The molecule has 2 heterocycles. The molecule has 0 unspecified atom stereocenters. The Kier molecular flexibility index (Phi) is 4.60. The highest BCUT2D eigenvalue weighted by Crippen LogP contribution is 2.35. The second-order valence-corrected chi connectivity index (χ2v) is 6.25. The summed E-state index contributed by atoms with van der Waals surface area (Å²) in [5.41, 5.74) is -0.212. The van der Waals surface area contributed by atoms with Gasteiger partial charge in [-0.3, -0.25) is 9.78 Å². The highest BCUT2D eigenvalue weighted by molar-refractivity contribution is 6.32. The van der Waals surface area contributed by atoms with E-state index in [2.05, 4.69) is 15.3 Å². The summed E-state index contributed by atoms with van der Waals surface area (Å²) in [6.45, 7) is 3.47. The van der Waals surface area contributed by atoms with Crippen LogP contribution in [0.15, 0.2) is 30.7 Å². The van der Waals surface area contributed by atoms with Crippen molar-refractivity contribution < 1.29 is 19.1 Å². The van der Waals surface area contributed by atoms with Gasteiger partial charge >= 0.3 is 6.03 Å². The number of aromatic nitrogens is 3. The van der Waals surface area contributed by atoms with Gasteiger partial charge in [0.15, 0.2) is 0 Å². The number of halogens is 2. The van der Waals surface area contributed by atoms with Crippen LogP contribution >= 0.6 is 11.6 Å². The number of rotatable bonds is 3. The molecule has 3 aromatic rings. The van der Waals surface area contributed by atoms with Crippen LogP contribution in [0.3, 0.4) is 0 Å². The van der Waals surface area contributed by atoms with Crippen LogP contribution in [0.4, 0.5) is 9.18 Å². The van der Waals surface area contributed by atoms with Crippen LogP contribution in [-0.4, -0.2) is 37.5 Å². The van der Waals surface area contributed by atoms with Gasteiger partial charge in [0.2, 0.25) is 11.7 Å². The zero-order chi connectivity index (χ0) is 19.0. The molecule has 7 nitrogen and oxygen atoms in total. The van der Waals surface area contributed by atoms with Crippen molar-refractivity contribution in [2.24, 2.45) is 0 Å². The molecular formula is C17H14ClFN4O3. The average Bonchev–Trinajstić information content (AvgIpc) is 2.86. The van der Waals surface area contributed by atoms with E-state index in [1.54, 1.807) is 13.8 Å². The monoisotopic (exact) mass is 376 g/mol. The van der Waals surface area contributed by atoms with Gasteiger partial charge in [0, 0.05) is 23.8 Å². The largest absolute Gasteiger partial charge is 0.494 e. The lowest BCUT2D eigenvalue weighted by Crippen LogP contribution is -2.33. The topological polar surface area (TPSA) is 97.1 Å². The van der Waals surface area contributed by atoms with Crippen molar-refractivity contribution in [3.8, 4) is 5.88 Å². The molecule has 0 saturated heterocycles. The fourth-order valence-corrected chi connectivity index (χ4v) is 2.71. The molecule has 0 aliphatic carbocycles. The van der Waals surface area contributed by atoms with Crippen molar-refractivity contribution >= 4 is 34.3 Å². The smallest absolute Gasteiger partial charge is 0.329 e. The van der Waals surface area contributed by atoms with Crippen molar-refractivity contribution in [1.29, 1.82) is 0 Å². The molecule has 0 aliphatic rings. The van der Waals surface area contributed by atoms with Crippen molar-refractivity contribution in [2.75, 3.05) is 0 Å². The van der Waals surface area contributed by atoms with E-state index < -0.39 is 23.5 Å². The molecule has 1 amide bonds. The summed E-state index contributed by atoms with van der Waals surface area (Å²) in [6, 6.07) is 1.28. The Morgan fingerprint density at radius 2 is 2.04 bits per heavy atom. The van der Waals surface area contributed by atoms with Gasteiger partial charge in [-0.05, 0) is 26.0 Å². The number of aromatic hydroxyl groups is 1. The number of hydrogen-bond acceptors (Lipinski definition) is 5. The number of ketones is 1. The van der Waals surface area contributed by atoms with Crippen molar-refractivity contribution in [1.82, 2.24) is 19.9 Å². The number of nitrogens with one attached hydrogen (secondary N) is 1. The molecule has 9 heteroatoms. The van der Waals surface area contributed by atoms with E-state index in [0.717, 1.165) is 10.6 Å². The minimum Gasteiger partial charge on any atom is -0.494 e. The predicted octanol–water partition coefficient (Wildman–Crippen LogP) is 3.13. The minimum atomic E-state index is -0.784. The molecule has 26 heavy (non-hydrogen) atoms. The van der Waals surface area contributed by atoms with Crippen LogP contribution in [0.5, 0.6) is 5.88 Å². The number of carbonyl (C=O) groups is 2. The first kappa shape index (κ1) is 17.8. The molecule has 0 atom stereocenters. The first-order chi connectivity index (χ1) is 12.3. The number of hydrogen-bond donors (Lipinski definition) is 2. The van der Waals surface area contributed by atoms with Crippen LogP contribution in [0, 0.1) is 5.82 Å². The zero-order valence-electron chi connectivity index (χ0n) is 13.8. The standard InChI is InChI=1S/C17H14ClFN4O3/c1-8(2)22-17(26)23-13-6-10(18)11(19)5-9(13)14(16(23)25)15(24)12-7-20-3-4-21-12/h3-8,25H,1-2H3,(H,22,26). The first-order valence-corrected chi connectivity index (χ1v) is 8.03. The van der Waals surface area contributed by atoms with E-state index in [1.807, 2.05) is 0 Å². The zero-order valence-corrected chi connectivity index (χ0v) is 14.6. The molecule has 0 bridgehead atoms. The van der Waals surface area contributed by atoms with E-state index in [-0.39, 0.29) is 33.2 Å². The van der Waals surface area contributed by atoms with Crippen molar-refractivity contribution in [2.45, 2.75) is 19.9 Å². The summed E-state index contributed by atoms with van der Waals surface area (Å²) in [4.78, 5) is 32.9. The van der Waals surface area contributed by atoms with Crippen LogP contribution in [0.1, 0.15) is 29.9 Å². The van der Waals surface area contributed by atoms with E-state index in [9.17, 15) is 19.1 Å². The Hall–Kier alpha value is -3.00. The number of amides is 1. The summed E-state index contributed by atoms with van der Waals surface area (Å²) in [7, 11) is 0. The van der Waals surface area contributed by atoms with Gasteiger partial charge in [0.1, 0.15) is 11.5 Å². The summed E-state index contributed by atoms with van der Waals surface area (Å²) in [6.07, 6.45) is 3.91. The fraction of sp³-hybridized carbons (Fsp3) is 0.176. The maximum absolute atomic E-state index is 14.0. The maximum Gasteiger partial charge on any atom is 0.329 e. The summed E-state index contributed by atoms with van der Waals surface area (Å²) in [5.74, 6) is -2.11. The molecule has 2 N–H and O–H groups in total. The highest BCUT2D eigenvalue weighted by Gasteiger charge is 2.28. The molecule has 0 saturated carbocycles. The molecule has 1 aromatic carbocycles. The lowest BCUT2D eigenvalue weighted by atomic mass is 10.1. The molecule has 2 aromatic heterocycles. The van der Waals surface area contributed by atoms with Crippen LogP contribution < -0.4 is 5.32 Å². The van der Waals surface area contributed by atoms with E-state index in [4.69, 9.17) is 11.6 Å².